The summed E-state index contributed by atoms with van der Waals surface area (Å²) in [6, 6.07) is -0.0823. The Morgan fingerprint density at radius 3 is 2.73 bits per heavy atom. The highest BCUT2D eigenvalue weighted by molar-refractivity contribution is 5.82. The zero-order valence-electron chi connectivity index (χ0n) is 9.77. The third-order valence-electron chi connectivity index (χ3n) is 3.01. The summed E-state index contributed by atoms with van der Waals surface area (Å²) >= 11 is 0. The third-order valence-corrected chi connectivity index (χ3v) is 3.01. The van der Waals surface area contributed by atoms with Gasteiger partial charge in [0.1, 0.15) is 6.29 Å². The summed E-state index contributed by atoms with van der Waals surface area (Å²) in [5.41, 5.74) is 0. The van der Waals surface area contributed by atoms with Crippen LogP contribution in [0, 0.1) is 5.92 Å². The van der Waals surface area contributed by atoms with E-state index in [0.29, 0.717) is 6.54 Å². The molecule has 0 aromatic heterocycles. The molecular weight excluding hydrogens is 192 g/mol. The lowest BCUT2D eigenvalue weighted by Crippen LogP contribution is -2.56. The molecule has 1 rings (SSSR count). The van der Waals surface area contributed by atoms with E-state index in [1.807, 2.05) is 25.7 Å². The maximum atomic E-state index is 11.8. The number of aldehydes is 1. The van der Waals surface area contributed by atoms with Gasteiger partial charge >= 0.3 is 0 Å². The predicted molar refractivity (Wildman–Crippen MR) is 58.5 cm³/mol. The van der Waals surface area contributed by atoms with Crippen LogP contribution in [0.25, 0.3) is 0 Å². The summed E-state index contributed by atoms with van der Waals surface area (Å²) < 4.78 is 0. The molecule has 0 aromatic rings. The largest absolute Gasteiger partial charge is 0.340 e. The molecule has 0 bridgehead atoms. The van der Waals surface area contributed by atoms with Gasteiger partial charge in [-0.2, -0.15) is 0 Å². The van der Waals surface area contributed by atoms with Crippen LogP contribution in [0.1, 0.15) is 20.8 Å². The number of likely N-dealkylation sites (N-methyl/N-ethyl adjacent to an activating group) is 1. The minimum Gasteiger partial charge on any atom is -0.340 e. The molecule has 4 nitrogen and oxygen atoms in total. The van der Waals surface area contributed by atoms with E-state index in [2.05, 4.69) is 4.90 Å². The first kappa shape index (κ1) is 12.2. The van der Waals surface area contributed by atoms with Crippen molar-refractivity contribution in [3.63, 3.8) is 0 Å². The fourth-order valence-corrected chi connectivity index (χ4v) is 1.95. The van der Waals surface area contributed by atoms with E-state index >= 15 is 0 Å². The lowest BCUT2D eigenvalue weighted by atomic mass is 10.1. The molecule has 1 amide bonds. The van der Waals surface area contributed by atoms with Gasteiger partial charge in [-0.15, -0.1) is 0 Å². The van der Waals surface area contributed by atoms with E-state index in [1.165, 1.54) is 0 Å². The smallest absolute Gasteiger partial charge is 0.239 e. The van der Waals surface area contributed by atoms with Crippen LogP contribution in [0.3, 0.4) is 0 Å². The van der Waals surface area contributed by atoms with E-state index in [0.717, 1.165) is 25.9 Å². The molecule has 1 heterocycles. The van der Waals surface area contributed by atoms with Gasteiger partial charge in [-0.25, -0.2) is 0 Å². The fourth-order valence-electron chi connectivity index (χ4n) is 1.95. The molecule has 1 aliphatic rings. The molecule has 1 aliphatic heterocycles. The molecule has 0 spiro atoms. The summed E-state index contributed by atoms with van der Waals surface area (Å²) in [4.78, 5) is 26.4. The highest BCUT2D eigenvalue weighted by Gasteiger charge is 2.30. The molecule has 0 aliphatic carbocycles. The SMILES string of the molecule is CCN1CCN(CC(C)C=O)C(C)C1=O. The fraction of sp³-hybridized carbons (Fsp3) is 0.818. The molecule has 1 fully saturated rings. The van der Waals surface area contributed by atoms with Crippen LogP contribution in [0.15, 0.2) is 0 Å². The van der Waals surface area contributed by atoms with Crippen molar-refractivity contribution in [2.45, 2.75) is 26.8 Å². The summed E-state index contributed by atoms with van der Waals surface area (Å²) in [7, 11) is 0. The maximum absolute atomic E-state index is 11.8. The van der Waals surface area contributed by atoms with Gasteiger partial charge in [-0.1, -0.05) is 6.92 Å². The lowest BCUT2D eigenvalue weighted by molar-refractivity contribution is -0.141. The van der Waals surface area contributed by atoms with E-state index in [-0.39, 0.29) is 17.9 Å². The molecule has 15 heavy (non-hydrogen) atoms. The van der Waals surface area contributed by atoms with Crippen LogP contribution in [-0.2, 0) is 9.59 Å². The zero-order chi connectivity index (χ0) is 11.4. The number of carbonyl (C=O) groups is 2. The Balaban J connectivity index is 2.56. The molecule has 86 valence electrons. The molecule has 0 saturated carbocycles. The van der Waals surface area contributed by atoms with Gasteiger partial charge < -0.3 is 9.69 Å². The highest BCUT2D eigenvalue weighted by atomic mass is 16.2. The van der Waals surface area contributed by atoms with Gasteiger partial charge in [0.2, 0.25) is 5.91 Å². The minimum absolute atomic E-state index is 0.00780. The molecule has 0 radical (unpaired) electrons. The molecule has 4 heteroatoms. The first-order valence-corrected chi connectivity index (χ1v) is 5.58. The van der Waals surface area contributed by atoms with Crippen molar-refractivity contribution < 1.29 is 9.59 Å². The van der Waals surface area contributed by atoms with Crippen molar-refractivity contribution in [1.82, 2.24) is 9.80 Å². The summed E-state index contributed by atoms with van der Waals surface area (Å²) in [5.74, 6) is 0.190. The van der Waals surface area contributed by atoms with Crippen LogP contribution in [0.5, 0.6) is 0 Å². The van der Waals surface area contributed by atoms with Crippen LogP contribution < -0.4 is 0 Å². The van der Waals surface area contributed by atoms with Crippen LogP contribution in [0.2, 0.25) is 0 Å². The predicted octanol–water partition coefficient (Wildman–Crippen LogP) is 0.374. The topological polar surface area (TPSA) is 40.6 Å². The second-order valence-electron chi connectivity index (χ2n) is 4.20. The van der Waals surface area contributed by atoms with Crippen LogP contribution in [-0.4, -0.2) is 54.2 Å². The number of hydrogen-bond acceptors (Lipinski definition) is 3. The Morgan fingerprint density at radius 2 is 2.20 bits per heavy atom. The second kappa shape index (κ2) is 5.26. The molecule has 2 unspecified atom stereocenters. The summed E-state index contributed by atoms with van der Waals surface area (Å²) in [6.07, 6.45) is 0.948. The first-order valence-electron chi connectivity index (χ1n) is 5.58. The van der Waals surface area contributed by atoms with Gasteiger partial charge in [0, 0.05) is 32.1 Å². The summed E-state index contributed by atoms with van der Waals surface area (Å²) in [6.45, 7) is 8.92. The monoisotopic (exact) mass is 212 g/mol. The molecular formula is C11H20N2O2. The van der Waals surface area contributed by atoms with E-state index in [9.17, 15) is 9.59 Å². The average molecular weight is 212 g/mol. The van der Waals surface area contributed by atoms with Crippen molar-refractivity contribution in [2.75, 3.05) is 26.2 Å². The van der Waals surface area contributed by atoms with Gasteiger partial charge in [-0.3, -0.25) is 9.69 Å². The molecule has 2 atom stereocenters. The highest BCUT2D eigenvalue weighted by Crippen LogP contribution is 2.12. The minimum atomic E-state index is -0.0823. The lowest BCUT2D eigenvalue weighted by Gasteiger charge is -2.39. The molecule has 1 saturated heterocycles. The summed E-state index contributed by atoms with van der Waals surface area (Å²) in [5, 5.41) is 0. The van der Waals surface area contributed by atoms with Crippen molar-refractivity contribution in [1.29, 1.82) is 0 Å². The second-order valence-corrected chi connectivity index (χ2v) is 4.20. The molecule has 0 aromatic carbocycles. The van der Waals surface area contributed by atoms with Crippen LogP contribution in [0.4, 0.5) is 0 Å². The van der Waals surface area contributed by atoms with Crippen molar-refractivity contribution in [3.05, 3.63) is 0 Å². The standard InChI is InChI=1S/C11H20N2O2/c1-4-12-5-6-13(7-9(2)8-14)10(3)11(12)15/h8-10H,4-7H2,1-3H3. The zero-order valence-corrected chi connectivity index (χ0v) is 9.77. The average Bonchev–Trinajstić information content (AvgIpc) is 2.25. The quantitative estimate of drug-likeness (QED) is 0.632. The number of rotatable bonds is 4. The van der Waals surface area contributed by atoms with Gasteiger partial charge in [0.25, 0.3) is 0 Å². The Morgan fingerprint density at radius 1 is 1.53 bits per heavy atom. The van der Waals surface area contributed by atoms with Gasteiger partial charge in [0.15, 0.2) is 0 Å². The first-order chi connectivity index (χ1) is 7.10. The normalized spacial score (nSPS) is 25.4. The van der Waals surface area contributed by atoms with Crippen molar-refractivity contribution in [2.24, 2.45) is 5.92 Å². The number of hydrogen-bond donors (Lipinski definition) is 0. The van der Waals surface area contributed by atoms with Gasteiger partial charge in [0.05, 0.1) is 6.04 Å². The molecule has 0 N–H and O–H groups in total. The van der Waals surface area contributed by atoms with E-state index < -0.39 is 0 Å². The maximum Gasteiger partial charge on any atom is 0.239 e. The number of carbonyl (C=O) groups excluding carboxylic acids is 2. The Labute approximate surface area is 91.2 Å². The van der Waals surface area contributed by atoms with E-state index in [1.54, 1.807) is 0 Å². The van der Waals surface area contributed by atoms with E-state index in [4.69, 9.17) is 0 Å². The Bertz CT molecular complexity index is 243. The van der Waals surface area contributed by atoms with Crippen molar-refractivity contribution in [3.8, 4) is 0 Å². The van der Waals surface area contributed by atoms with Crippen LogP contribution >= 0.6 is 0 Å². The third kappa shape index (κ3) is 2.78. The van der Waals surface area contributed by atoms with Gasteiger partial charge in [-0.05, 0) is 13.8 Å². The Kier molecular flexibility index (Phi) is 4.27. The Hall–Kier alpha value is -0.900. The number of amides is 1. The number of piperazine rings is 1. The number of nitrogens with zero attached hydrogens (tertiary/aromatic N) is 2. The van der Waals surface area contributed by atoms with Crippen molar-refractivity contribution >= 4 is 12.2 Å².